The van der Waals surface area contributed by atoms with Crippen LogP contribution in [-0.2, 0) is 4.79 Å². The predicted molar refractivity (Wildman–Crippen MR) is 85.2 cm³/mol. The normalized spacial score (nSPS) is 12.0. The monoisotopic (exact) mass is 439 g/mol. The number of carboxylic acids is 1. The van der Waals surface area contributed by atoms with Crippen molar-refractivity contribution in [1.82, 2.24) is 4.90 Å². The average molecular weight is 440 g/mol. The third-order valence-electron chi connectivity index (χ3n) is 2.74. The molecule has 1 N–H and O–H groups in total. The molecule has 4 nitrogen and oxygen atoms in total. The summed E-state index contributed by atoms with van der Waals surface area (Å²) in [6, 6.07) is 5.49. The van der Waals surface area contributed by atoms with Crippen LogP contribution in [-0.4, -0.2) is 35.0 Å². The highest BCUT2D eigenvalue weighted by Crippen LogP contribution is 2.20. The quantitative estimate of drug-likeness (QED) is 0.716. The lowest BCUT2D eigenvalue weighted by molar-refractivity contribution is -0.141. The Hall–Kier alpha value is -0.630. The van der Waals surface area contributed by atoms with E-state index >= 15 is 0 Å². The SMILES string of the molecule is CCN(CC(C)C(=O)O)C(=O)c1cc(Br)ccc1I. The van der Waals surface area contributed by atoms with Gasteiger partial charge in [-0.25, -0.2) is 0 Å². The molecule has 1 amide bonds. The van der Waals surface area contributed by atoms with Crippen LogP contribution < -0.4 is 0 Å². The first-order valence-corrected chi connectivity index (χ1v) is 7.71. The molecule has 104 valence electrons. The summed E-state index contributed by atoms with van der Waals surface area (Å²) in [5.74, 6) is -1.61. The molecule has 1 aromatic carbocycles. The van der Waals surface area contributed by atoms with Crippen molar-refractivity contribution in [2.24, 2.45) is 5.92 Å². The minimum absolute atomic E-state index is 0.138. The summed E-state index contributed by atoms with van der Waals surface area (Å²) in [5.41, 5.74) is 0.592. The van der Waals surface area contributed by atoms with Gasteiger partial charge in [0.1, 0.15) is 0 Å². The summed E-state index contributed by atoms with van der Waals surface area (Å²) in [4.78, 5) is 24.9. The summed E-state index contributed by atoms with van der Waals surface area (Å²) in [6.07, 6.45) is 0. The van der Waals surface area contributed by atoms with Crippen LogP contribution in [0.4, 0.5) is 0 Å². The molecule has 0 heterocycles. The first kappa shape index (κ1) is 16.4. The van der Waals surface area contributed by atoms with Gasteiger partial charge in [-0.15, -0.1) is 0 Å². The van der Waals surface area contributed by atoms with E-state index in [0.29, 0.717) is 12.1 Å². The van der Waals surface area contributed by atoms with Gasteiger partial charge in [-0.05, 0) is 47.7 Å². The molecule has 1 unspecified atom stereocenters. The number of hydrogen-bond donors (Lipinski definition) is 1. The topological polar surface area (TPSA) is 57.6 Å². The molecule has 1 atom stereocenters. The van der Waals surface area contributed by atoms with Gasteiger partial charge >= 0.3 is 5.97 Å². The number of benzene rings is 1. The largest absolute Gasteiger partial charge is 0.481 e. The standard InChI is InChI=1S/C13H15BrINO3/c1-3-16(7-8(2)13(18)19)12(17)10-6-9(14)4-5-11(10)15/h4-6,8H,3,7H2,1-2H3,(H,18,19). The van der Waals surface area contributed by atoms with Crippen LogP contribution in [0.1, 0.15) is 24.2 Å². The number of nitrogens with zero attached hydrogens (tertiary/aromatic N) is 1. The Morgan fingerprint density at radius 3 is 2.63 bits per heavy atom. The fraction of sp³-hybridized carbons (Fsp3) is 0.385. The Labute approximate surface area is 134 Å². The number of aliphatic carboxylic acids is 1. The lowest BCUT2D eigenvalue weighted by Crippen LogP contribution is -2.37. The summed E-state index contributed by atoms with van der Waals surface area (Å²) in [7, 11) is 0. The number of rotatable bonds is 5. The van der Waals surface area contributed by atoms with Gasteiger partial charge in [0.05, 0.1) is 11.5 Å². The van der Waals surface area contributed by atoms with E-state index in [-0.39, 0.29) is 12.5 Å². The second kappa shape index (κ2) is 7.23. The van der Waals surface area contributed by atoms with E-state index in [1.54, 1.807) is 17.9 Å². The van der Waals surface area contributed by atoms with E-state index in [4.69, 9.17) is 5.11 Å². The smallest absolute Gasteiger partial charge is 0.308 e. The van der Waals surface area contributed by atoms with Gasteiger partial charge in [-0.1, -0.05) is 22.9 Å². The van der Waals surface area contributed by atoms with E-state index < -0.39 is 11.9 Å². The fourth-order valence-electron chi connectivity index (χ4n) is 1.60. The van der Waals surface area contributed by atoms with Gasteiger partial charge in [0.15, 0.2) is 0 Å². The Morgan fingerprint density at radius 2 is 2.11 bits per heavy atom. The molecule has 19 heavy (non-hydrogen) atoms. The van der Waals surface area contributed by atoms with Crippen LogP contribution in [0.2, 0.25) is 0 Å². The highest BCUT2D eigenvalue weighted by molar-refractivity contribution is 14.1. The van der Waals surface area contributed by atoms with Crippen LogP contribution in [0.3, 0.4) is 0 Å². The van der Waals surface area contributed by atoms with E-state index in [1.165, 1.54) is 0 Å². The van der Waals surface area contributed by atoms with E-state index in [9.17, 15) is 9.59 Å². The van der Waals surface area contributed by atoms with Gasteiger partial charge in [0.25, 0.3) is 5.91 Å². The molecular formula is C13H15BrINO3. The van der Waals surface area contributed by atoms with Gasteiger partial charge in [-0.2, -0.15) is 0 Å². The molecule has 0 aliphatic carbocycles. The molecule has 0 saturated heterocycles. The number of amides is 1. The molecule has 1 aromatic rings. The predicted octanol–water partition coefficient (Wildman–Crippen LogP) is 3.24. The molecule has 0 spiro atoms. The van der Waals surface area contributed by atoms with Crippen molar-refractivity contribution in [3.63, 3.8) is 0 Å². The zero-order valence-corrected chi connectivity index (χ0v) is 14.4. The van der Waals surface area contributed by atoms with Crippen molar-refractivity contribution < 1.29 is 14.7 Å². The summed E-state index contributed by atoms with van der Waals surface area (Å²) >= 11 is 5.45. The van der Waals surface area contributed by atoms with Gasteiger partial charge in [0, 0.05) is 21.1 Å². The summed E-state index contributed by atoms with van der Waals surface area (Å²) in [5, 5.41) is 8.93. The number of halogens is 2. The minimum Gasteiger partial charge on any atom is -0.481 e. The van der Waals surface area contributed by atoms with E-state index in [0.717, 1.165) is 8.04 Å². The lowest BCUT2D eigenvalue weighted by Gasteiger charge is -2.23. The van der Waals surface area contributed by atoms with E-state index in [2.05, 4.69) is 38.5 Å². The first-order valence-electron chi connectivity index (χ1n) is 5.84. The maximum Gasteiger partial charge on any atom is 0.308 e. The van der Waals surface area contributed by atoms with Crippen LogP contribution >= 0.6 is 38.5 Å². The van der Waals surface area contributed by atoms with Gasteiger partial charge in [0.2, 0.25) is 0 Å². The van der Waals surface area contributed by atoms with Crippen LogP contribution in [0.5, 0.6) is 0 Å². The number of carbonyl (C=O) groups excluding carboxylic acids is 1. The van der Waals surface area contributed by atoms with Crippen molar-refractivity contribution in [2.75, 3.05) is 13.1 Å². The molecule has 6 heteroatoms. The van der Waals surface area contributed by atoms with Crippen LogP contribution in [0.25, 0.3) is 0 Å². The molecule has 0 saturated carbocycles. The average Bonchev–Trinajstić information content (AvgIpc) is 2.37. The van der Waals surface area contributed by atoms with Crippen molar-refractivity contribution >= 4 is 50.4 Å². The Kier molecular flexibility index (Phi) is 6.25. The minimum atomic E-state index is -0.893. The Morgan fingerprint density at radius 1 is 1.47 bits per heavy atom. The van der Waals surface area contributed by atoms with Crippen molar-refractivity contribution in [1.29, 1.82) is 0 Å². The molecule has 0 aromatic heterocycles. The second-order valence-electron chi connectivity index (χ2n) is 4.21. The summed E-state index contributed by atoms with van der Waals surface area (Å²) in [6.45, 7) is 4.15. The molecule has 0 bridgehead atoms. The molecule has 0 radical (unpaired) electrons. The van der Waals surface area contributed by atoms with Crippen molar-refractivity contribution in [2.45, 2.75) is 13.8 Å². The molecule has 1 rings (SSSR count). The van der Waals surface area contributed by atoms with Crippen molar-refractivity contribution in [3.8, 4) is 0 Å². The Bertz CT molecular complexity index is 493. The Balaban J connectivity index is 2.95. The highest BCUT2D eigenvalue weighted by Gasteiger charge is 2.21. The molecule has 0 fully saturated rings. The summed E-state index contributed by atoms with van der Waals surface area (Å²) < 4.78 is 1.69. The maximum absolute atomic E-state index is 12.4. The number of carbonyl (C=O) groups is 2. The number of hydrogen-bond acceptors (Lipinski definition) is 2. The lowest BCUT2D eigenvalue weighted by atomic mass is 10.1. The van der Waals surface area contributed by atoms with Crippen LogP contribution in [0.15, 0.2) is 22.7 Å². The first-order chi connectivity index (χ1) is 8.86. The van der Waals surface area contributed by atoms with E-state index in [1.807, 2.05) is 19.1 Å². The van der Waals surface area contributed by atoms with Gasteiger partial charge < -0.3 is 10.0 Å². The zero-order chi connectivity index (χ0) is 14.6. The third kappa shape index (κ3) is 4.45. The highest BCUT2D eigenvalue weighted by atomic mass is 127. The van der Waals surface area contributed by atoms with Gasteiger partial charge in [-0.3, -0.25) is 9.59 Å². The van der Waals surface area contributed by atoms with Crippen molar-refractivity contribution in [3.05, 3.63) is 31.8 Å². The van der Waals surface area contributed by atoms with Crippen LogP contribution in [0, 0.1) is 9.49 Å². The molecule has 0 aliphatic rings. The number of carboxylic acid groups (broad SMARTS) is 1. The molecular weight excluding hydrogens is 425 g/mol. The second-order valence-corrected chi connectivity index (χ2v) is 6.29. The maximum atomic E-state index is 12.4. The molecule has 0 aliphatic heterocycles. The fourth-order valence-corrected chi connectivity index (χ4v) is 2.52. The zero-order valence-electron chi connectivity index (χ0n) is 10.7. The third-order valence-corrected chi connectivity index (χ3v) is 4.18.